The smallest absolute Gasteiger partial charge is 0.0582 e. The van der Waals surface area contributed by atoms with Gasteiger partial charge in [-0.3, -0.25) is 0 Å². The molecule has 128 valence electrons. The average Bonchev–Trinajstić information content (AvgIpc) is 2.36. The van der Waals surface area contributed by atoms with E-state index < -0.39 is 0 Å². The van der Waals surface area contributed by atoms with Gasteiger partial charge in [0.2, 0.25) is 0 Å². The van der Waals surface area contributed by atoms with Crippen molar-refractivity contribution in [1.29, 1.82) is 0 Å². The highest BCUT2D eigenvalue weighted by molar-refractivity contribution is 5.12. The van der Waals surface area contributed by atoms with Crippen molar-refractivity contribution in [2.24, 2.45) is 11.8 Å². The van der Waals surface area contributed by atoms with E-state index in [0.29, 0.717) is 24.7 Å². The van der Waals surface area contributed by atoms with Crippen molar-refractivity contribution < 1.29 is 10.2 Å². The van der Waals surface area contributed by atoms with E-state index in [2.05, 4.69) is 54.0 Å². The third kappa shape index (κ3) is 16.9. The molecule has 2 N–H and O–H groups in total. The molecule has 0 amide bonds. The SMILES string of the molecule is C=CC(=C)CC(O)CC(C)C.C=CC(=C)CC(O)CC(C)C. The van der Waals surface area contributed by atoms with Crippen LogP contribution in [-0.4, -0.2) is 22.4 Å². The largest absolute Gasteiger partial charge is 0.393 e. The molecule has 0 aliphatic carbocycles. The summed E-state index contributed by atoms with van der Waals surface area (Å²) in [6.07, 6.45) is 5.89. The van der Waals surface area contributed by atoms with Crippen molar-refractivity contribution >= 4 is 0 Å². The van der Waals surface area contributed by atoms with Gasteiger partial charge in [-0.25, -0.2) is 0 Å². The van der Waals surface area contributed by atoms with Crippen LogP contribution in [0.5, 0.6) is 0 Å². The zero-order chi connectivity index (χ0) is 17.7. The fourth-order valence-electron chi connectivity index (χ4n) is 2.03. The van der Waals surface area contributed by atoms with Gasteiger partial charge in [0.15, 0.2) is 0 Å². The molecule has 2 unspecified atom stereocenters. The molecule has 2 atom stereocenters. The molecule has 0 aromatic carbocycles. The summed E-state index contributed by atoms with van der Waals surface area (Å²) in [6, 6.07) is 0. The van der Waals surface area contributed by atoms with E-state index in [1.54, 1.807) is 12.2 Å². The number of hydrogen-bond acceptors (Lipinski definition) is 2. The predicted octanol–water partition coefficient (Wildman–Crippen LogP) is 5.05. The molecule has 0 aromatic heterocycles. The maximum Gasteiger partial charge on any atom is 0.0582 e. The van der Waals surface area contributed by atoms with Gasteiger partial charge in [0.05, 0.1) is 12.2 Å². The lowest BCUT2D eigenvalue weighted by molar-refractivity contribution is 0.149. The molecule has 0 fully saturated rings. The lowest BCUT2D eigenvalue weighted by Crippen LogP contribution is -2.10. The topological polar surface area (TPSA) is 40.5 Å². The molecular formula is C20H36O2. The van der Waals surface area contributed by atoms with Gasteiger partial charge in [0.25, 0.3) is 0 Å². The molecule has 0 rings (SSSR count). The molecule has 0 saturated heterocycles. The molecule has 2 nitrogen and oxygen atoms in total. The lowest BCUT2D eigenvalue weighted by atomic mass is 10.0. The molecular weight excluding hydrogens is 272 g/mol. The minimum Gasteiger partial charge on any atom is -0.393 e. The van der Waals surface area contributed by atoms with Crippen LogP contribution in [0.15, 0.2) is 49.6 Å². The highest BCUT2D eigenvalue weighted by Crippen LogP contribution is 2.12. The predicted molar refractivity (Wildman–Crippen MR) is 98.8 cm³/mol. The zero-order valence-corrected chi connectivity index (χ0v) is 15.0. The second-order valence-corrected chi connectivity index (χ2v) is 6.70. The van der Waals surface area contributed by atoms with Crippen molar-refractivity contribution in [3.05, 3.63) is 49.6 Å². The molecule has 0 aromatic rings. The summed E-state index contributed by atoms with van der Waals surface area (Å²) in [5, 5.41) is 18.8. The Bertz CT molecular complexity index is 306. The summed E-state index contributed by atoms with van der Waals surface area (Å²) in [7, 11) is 0. The van der Waals surface area contributed by atoms with Gasteiger partial charge in [0.1, 0.15) is 0 Å². The minimum absolute atomic E-state index is 0.250. The Hall–Kier alpha value is -1.12. The first kappa shape index (κ1) is 23.2. The first-order chi connectivity index (χ1) is 10.1. The second-order valence-electron chi connectivity index (χ2n) is 6.70. The number of hydrogen-bond donors (Lipinski definition) is 2. The van der Waals surface area contributed by atoms with E-state index in [1.165, 1.54) is 0 Å². The van der Waals surface area contributed by atoms with Crippen LogP contribution in [0, 0.1) is 11.8 Å². The van der Waals surface area contributed by atoms with E-state index in [1.807, 2.05) is 0 Å². The van der Waals surface area contributed by atoms with Gasteiger partial charge in [-0.05, 0) is 37.5 Å². The third-order valence-corrected chi connectivity index (χ3v) is 3.06. The molecule has 0 aliphatic heterocycles. The van der Waals surface area contributed by atoms with Gasteiger partial charge in [-0.2, -0.15) is 0 Å². The molecule has 22 heavy (non-hydrogen) atoms. The van der Waals surface area contributed by atoms with Crippen LogP contribution in [0.25, 0.3) is 0 Å². The highest BCUT2D eigenvalue weighted by Gasteiger charge is 2.07. The van der Waals surface area contributed by atoms with Crippen molar-refractivity contribution in [3.63, 3.8) is 0 Å². The maximum atomic E-state index is 9.41. The number of aliphatic hydroxyl groups is 2. The molecule has 0 saturated carbocycles. The van der Waals surface area contributed by atoms with Crippen LogP contribution in [0.2, 0.25) is 0 Å². The average molecular weight is 309 g/mol. The zero-order valence-electron chi connectivity index (χ0n) is 15.0. The number of aliphatic hydroxyl groups excluding tert-OH is 2. The summed E-state index contributed by atoms with van der Waals surface area (Å²) in [5.74, 6) is 1.09. The number of rotatable bonds is 10. The monoisotopic (exact) mass is 308 g/mol. The Labute approximate surface area is 138 Å². The Morgan fingerprint density at radius 1 is 0.773 bits per heavy atom. The van der Waals surface area contributed by atoms with Gasteiger partial charge in [-0.1, -0.05) is 77.3 Å². The molecule has 0 radical (unpaired) electrons. The Morgan fingerprint density at radius 2 is 1.05 bits per heavy atom. The van der Waals surface area contributed by atoms with Gasteiger partial charge < -0.3 is 10.2 Å². The van der Waals surface area contributed by atoms with Gasteiger partial charge in [-0.15, -0.1) is 0 Å². The van der Waals surface area contributed by atoms with Crippen molar-refractivity contribution in [2.75, 3.05) is 0 Å². The summed E-state index contributed by atoms with van der Waals surface area (Å²) >= 11 is 0. The van der Waals surface area contributed by atoms with Crippen molar-refractivity contribution in [3.8, 4) is 0 Å². The van der Waals surface area contributed by atoms with Gasteiger partial charge >= 0.3 is 0 Å². The van der Waals surface area contributed by atoms with Crippen LogP contribution in [-0.2, 0) is 0 Å². The summed E-state index contributed by atoms with van der Waals surface area (Å²) in [5.41, 5.74) is 1.83. The number of allylic oxidation sites excluding steroid dienone is 2. The summed E-state index contributed by atoms with van der Waals surface area (Å²) < 4.78 is 0. The fourth-order valence-corrected chi connectivity index (χ4v) is 2.03. The normalized spacial score (nSPS) is 13.1. The fraction of sp³-hybridized carbons (Fsp3) is 0.600. The van der Waals surface area contributed by atoms with E-state index >= 15 is 0 Å². The van der Waals surface area contributed by atoms with Crippen LogP contribution in [0.3, 0.4) is 0 Å². The second kappa shape index (κ2) is 13.5. The third-order valence-electron chi connectivity index (χ3n) is 3.06. The Balaban J connectivity index is 0. The van der Waals surface area contributed by atoms with Crippen LogP contribution < -0.4 is 0 Å². The van der Waals surface area contributed by atoms with E-state index in [-0.39, 0.29) is 12.2 Å². The van der Waals surface area contributed by atoms with Crippen LogP contribution in [0.1, 0.15) is 53.4 Å². The first-order valence-corrected chi connectivity index (χ1v) is 8.08. The molecule has 0 spiro atoms. The Morgan fingerprint density at radius 3 is 1.23 bits per heavy atom. The minimum atomic E-state index is -0.250. The Kier molecular flexibility index (Phi) is 14.2. The van der Waals surface area contributed by atoms with Crippen molar-refractivity contribution in [2.45, 2.75) is 65.6 Å². The lowest BCUT2D eigenvalue weighted by Gasteiger charge is -2.12. The maximum absolute atomic E-state index is 9.41. The molecule has 0 bridgehead atoms. The summed E-state index contributed by atoms with van der Waals surface area (Å²) in [4.78, 5) is 0. The van der Waals surface area contributed by atoms with E-state index in [0.717, 1.165) is 24.0 Å². The molecule has 0 heterocycles. The standard InChI is InChI=1S/2C10H18O/c2*1-5-9(4)7-10(11)6-8(2)3/h2*5,8,10-11H,1,4,6-7H2,2-3H3. The molecule has 0 aliphatic rings. The first-order valence-electron chi connectivity index (χ1n) is 8.08. The quantitative estimate of drug-likeness (QED) is 0.554. The van der Waals surface area contributed by atoms with Crippen LogP contribution in [0.4, 0.5) is 0 Å². The highest BCUT2D eigenvalue weighted by atomic mass is 16.3. The summed E-state index contributed by atoms with van der Waals surface area (Å²) in [6.45, 7) is 23.0. The van der Waals surface area contributed by atoms with Crippen molar-refractivity contribution in [1.82, 2.24) is 0 Å². The molecule has 2 heteroatoms. The van der Waals surface area contributed by atoms with Crippen LogP contribution >= 0.6 is 0 Å². The van der Waals surface area contributed by atoms with E-state index in [9.17, 15) is 10.2 Å². The van der Waals surface area contributed by atoms with Gasteiger partial charge in [0, 0.05) is 0 Å². The van der Waals surface area contributed by atoms with E-state index in [4.69, 9.17) is 0 Å².